The molecule has 0 spiro atoms. The maximum atomic E-state index is 12.9. The number of benzene rings is 2. The first-order chi connectivity index (χ1) is 10.6. The highest BCUT2D eigenvalue weighted by molar-refractivity contribution is 6.25. The fraction of sp³-hybridized carbons (Fsp3) is 0.222. The van der Waals surface area contributed by atoms with Crippen LogP contribution in [0.4, 0.5) is 5.69 Å². The zero-order valence-corrected chi connectivity index (χ0v) is 12.2. The monoisotopic (exact) mass is 293 g/mol. The first kappa shape index (κ1) is 13.1. The summed E-state index contributed by atoms with van der Waals surface area (Å²) in [5.41, 5.74) is 0.447. The summed E-state index contributed by atoms with van der Waals surface area (Å²) in [6.45, 7) is 1.72. The van der Waals surface area contributed by atoms with Gasteiger partial charge < -0.3 is 4.74 Å². The van der Waals surface area contributed by atoms with Crippen molar-refractivity contribution >= 4 is 17.5 Å². The summed E-state index contributed by atoms with van der Waals surface area (Å²) in [4.78, 5) is 26.9. The largest absolute Gasteiger partial charge is 0.477 e. The van der Waals surface area contributed by atoms with Crippen molar-refractivity contribution in [3.05, 3.63) is 60.2 Å². The highest BCUT2D eigenvalue weighted by atomic mass is 16.5. The van der Waals surface area contributed by atoms with Gasteiger partial charge in [-0.25, -0.2) is 4.90 Å². The van der Waals surface area contributed by atoms with Crippen LogP contribution in [0.2, 0.25) is 0 Å². The number of carbonyl (C=O) groups is 2. The van der Waals surface area contributed by atoms with Crippen LogP contribution >= 0.6 is 0 Å². The Morgan fingerprint density at radius 2 is 1.73 bits per heavy atom. The lowest BCUT2D eigenvalue weighted by molar-refractivity contribution is -0.133. The number of amides is 2. The summed E-state index contributed by atoms with van der Waals surface area (Å²) in [6.07, 6.45) is 0.528. The van der Waals surface area contributed by atoms with Gasteiger partial charge >= 0.3 is 0 Å². The summed E-state index contributed by atoms with van der Waals surface area (Å²) in [5.74, 6) is -0.260. The van der Waals surface area contributed by atoms with Gasteiger partial charge in [-0.1, -0.05) is 36.4 Å². The fourth-order valence-electron chi connectivity index (χ4n) is 3.30. The average molecular weight is 293 g/mol. The summed E-state index contributed by atoms with van der Waals surface area (Å²) in [7, 11) is 0. The molecule has 0 unspecified atom stereocenters. The van der Waals surface area contributed by atoms with Crippen molar-refractivity contribution in [2.75, 3.05) is 4.90 Å². The third kappa shape index (κ3) is 1.64. The molecule has 2 heterocycles. The van der Waals surface area contributed by atoms with E-state index in [9.17, 15) is 9.59 Å². The smallest absolute Gasteiger partial charge is 0.278 e. The third-order valence-corrected chi connectivity index (χ3v) is 4.54. The summed E-state index contributed by atoms with van der Waals surface area (Å²) in [5, 5.41) is 0. The minimum Gasteiger partial charge on any atom is -0.477 e. The maximum Gasteiger partial charge on any atom is 0.278 e. The highest BCUT2D eigenvalue weighted by Gasteiger charge is 2.60. The van der Waals surface area contributed by atoms with Crippen molar-refractivity contribution in [3.63, 3.8) is 0 Å². The Hall–Kier alpha value is -2.62. The molecule has 2 amide bonds. The number of hydrogen-bond acceptors (Lipinski definition) is 3. The molecule has 0 bridgehead atoms. The van der Waals surface area contributed by atoms with Gasteiger partial charge in [0, 0.05) is 0 Å². The van der Waals surface area contributed by atoms with E-state index in [1.54, 1.807) is 19.1 Å². The molecule has 2 aliphatic heterocycles. The molecule has 22 heavy (non-hydrogen) atoms. The maximum absolute atomic E-state index is 12.9. The highest BCUT2D eigenvalue weighted by Crippen LogP contribution is 2.44. The first-order valence-electron chi connectivity index (χ1n) is 7.31. The molecule has 2 aliphatic rings. The molecule has 2 aromatic carbocycles. The lowest BCUT2D eigenvalue weighted by Gasteiger charge is -2.34. The Morgan fingerprint density at radius 3 is 2.50 bits per heavy atom. The molecule has 2 atom stereocenters. The van der Waals surface area contributed by atoms with Crippen LogP contribution in [0.3, 0.4) is 0 Å². The molecule has 1 saturated heterocycles. The molecule has 4 rings (SSSR count). The topological polar surface area (TPSA) is 46.6 Å². The average Bonchev–Trinajstić information content (AvgIpc) is 2.73. The fourth-order valence-corrected chi connectivity index (χ4v) is 3.30. The van der Waals surface area contributed by atoms with Crippen LogP contribution in [0.5, 0.6) is 5.75 Å². The number of rotatable bonds is 1. The van der Waals surface area contributed by atoms with Crippen LogP contribution in [0.1, 0.15) is 12.5 Å². The quantitative estimate of drug-likeness (QED) is 0.759. The van der Waals surface area contributed by atoms with E-state index in [4.69, 9.17) is 4.74 Å². The van der Waals surface area contributed by atoms with Gasteiger partial charge in [-0.05, 0) is 37.1 Å². The van der Waals surface area contributed by atoms with Gasteiger partial charge in [0.05, 0.1) is 11.6 Å². The second kappa shape index (κ2) is 4.44. The van der Waals surface area contributed by atoms with Crippen molar-refractivity contribution < 1.29 is 14.3 Å². The number of carbonyl (C=O) groups excluding carboxylic acids is 2. The van der Waals surface area contributed by atoms with E-state index in [1.165, 1.54) is 4.90 Å². The molecular weight excluding hydrogens is 278 g/mol. The van der Waals surface area contributed by atoms with Crippen molar-refractivity contribution in [2.45, 2.75) is 18.9 Å². The molecule has 1 fully saturated rings. The number of para-hydroxylation sites is 2. The molecule has 0 N–H and O–H groups in total. The molecule has 4 nitrogen and oxygen atoms in total. The van der Waals surface area contributed by atoms with Gasteiger partial charge in [0.1, 0.15) is 5.75 Å². The standard InChI is InChI=1S/C18H15NO3/c1-18-14(11-12-7-5-6-10-15(12)22-18)16(20)19(17(18)21)13-8-3-2-4-9-13/h2-10,14H,11H2,1H3/t14-,18-/m1/s1. The number of ether oxygens (including phenoxy) is 1. The Morgan fingerprint density at radius 1 is 1.05 bits per heavy atom. The number of nitrogens with zero attached hydrogens (tertiary/aromatic N) is 1. The van der Waals surface area contributed by atoms with E-state index >= 15 is 0 Å². The van der Waals surface area contributed by atoms with Gasteiger partial charge in [-0.2, -0.15) is 0 Å². The molecule has 4 heteroatoms. The van der Waals surface area contributed by atoms with Crippen molar-refractivity contribution in [2.24, 2.45) is 5.92 Å². The van der Waals surface area contributed by atoms with Crippen LogP contribution in [0.25, 0.3) is 0 Å². The minimum absolute atomic E-state index is 0.187. The molecule has 2 aromatic rings. The molecule has 110 valence electrons. The third-order valence-electron chi connectivity index (χ3n) is 4.54. The second-order valence-electron chi connectivity index (χ2n) is 5.89. The normalized spacial score (nSPS) is 26.4. The lowest BCUT2D eigenvalue weighted by atomic mass is 9.83. The number of anilines is 1. The van der Waals surface area contributed by atoms with Crippen LogP contribution in [-0.4, -0.2) is 17.4 Å². The van der Waals surface area contributed by atoms with E-state index in [0.29, 0.717) is 17.9 Å². The van der Waals surface area contributed by atoms with E-state index in [1.807, 2.05) is 42.5 Å². The van der Waals surface area contributed by atoms with Gasteiger partial charge in [0.2, 0.25) is 5.91 Å². The van der Waals surface area contributed by atoms with Crippen molar-refractivity contribution in [1.82, 2.24) is 0 Å². The lowest BCUT2D eigenvalue weighted by Crippen LogP contribution is -2.48. The van der Waals surface area contributed by atoms with E-state index in [2.05, 4.69) is 0 Å². The number of imide groups is 1. The molecule has 0 aromatic heterocycles. The summed E-state index contributed by atoms with van der Waals surface area (Å²) >= 11 is 0. The molecule has 0 aliphatic carbocycles. The molecule has 0 radical (unpaired) electrons. The molecule has 0 saturated carbocycles. The van der Waals surface area contributed by atoms with Crippen molar-refractivity contribution in [3.8, 4) is 5.75 Å². The number of hydrogen-bond donors (Lipinski definition) is 0. The Kier molecular flexibility index (Phi) is 2.64. The summed E-state index contributed by atoms with van der Waals surface area (Å²) in [6, 6.07) is 16.6. The zero-order chi connectivity index (χ0) is 15.3. The van der Waals surface area contributed by atoms with Crippen molar-refractivity contribution in [1.29, 1.82) is 0 Å². The van der Waals surface area contributed by atoms with Gasteiger partial charge in [0.15, 0.2) is 5.60 Å². The van der Waals surface area contributed by atoms with Crippen LogP contribution < -0.4 is 9.64 Å². The Labute approximate surface area is 128 Å². The second-order valence-corrected chi connectivity index (χ2v) is 5.89. The Balaban J connectivity index is 1.80. The zero-order valence-electron chi connectivity index (χ0n) is 12.2. The van der Waals surface area contributed by atoms with Crippen LogP contribution in [0, 0.1) is 5.92 Å². The molecular formula is C18H15NO3. The van der Waals surface area contributed by atoms with E-state index < -0.39 is 11.5 Å². The predicted molar refractivity (Wildman–Crippen MR) is 81.6 cm³/mol. The predicted octanol–water partition coefficient (Wildman–Crippen LogP) is 2.57. The minimum atomic E-state index is -1.12. The first-order valence-corrected chi connectivity index (χ1v) is 7.31. The number of fused-ring (bicyclic) bond motifs is 2. The van der Waals surface area contributed by atoms with Gasteiger partial charge in [0.25, 0.3) is 5.91 Å². The Bertz CT molecular complexity index is 771. The van der Waals surface area contributed by atoms with Gasteiger partial charge in [-0.15, -0.1) is 0 Å². The van der Waals surface area contributed by atoms with Crippen LogP contribution in [-0.2, 0) is 16.0 Å². The SMILES string of the molecule is C[C@@]12Oc3ccccc3C[C@@H]1C(=O)N(c1ccccc1)C2=O. The summed E-state index contributed by atoms with van der Waals surface area (Å²) < 4.78 is 5.97. The van der Waals surface area contributed by atoms with E-state index in [0.717, 1.165) is 5.56 Å². The van der Waals surface area contributed by atoms with Gasteiger partial charge in [-0.3, -0.25) is 9.59 Å². The van der Waals surface area contributed by atoms with Crippen LogP contribution in [0.15, 0.2) is 54.6 Å². The van der Waals surface area contributed by atoms with E-state index in [-0.39, 0.29) is 11.8 Å².